The Morgan fingerprint density at radius 3 is 2.53 bits per heavy atom. The van der Waals surface area contributed by atoms with Crippen LogP contribution in [0.3, 0.4) is 0 Å². The molecule has 0 fully saturated rings. The second-order valence-electron chi connectivity index (χ2n) is 3.54. The first-order valence-corrected chi connectivity index (χ1v) is 5.33. The third-order valence-electron chi connectivity index (χ3n) is 2.47. The lowest BCUT2D eigenvalue weighted by atomic mass is 10.2. The van der Waals surface area contributed by atoms with Gasteiger partial charge in [-0.15, -0.1) is 0 Å². The molecule has 1 aromatic carbocycles. The molecule has 0 aliphatic heterocycles. The van der Waals surface area contributed by atoms with E-state index in [4.69, 9.17) is 9.47 Å². The molecular formula is C12H15N3O2. The number of fused-ring (bicyclic) bond motifs is 1. The SMILES string of the molecule is COC(CNc1ccc2nccnc2c1)OC. The fourth-order valence-corrected chi connectivity index (χ4v) is 1.54. The standard InChI is InChI=1S/C12H15N3O2/c1-16-12(17-2)8-15-9-3-4-10-11(7-9)14-6-5-13-10/h3-7,12,15H,8H2,1-2H3. The molecule has 0 unspecified atom stereocenters. The summed E-state index contributed by atoms with van der Waals surface area (Å²) >= 11 is 0. The van der Waals surface area contributed by atoms with Gasteiger partial charge in [0.15, 0.2) is 6.29 Å². The molecule has 0 radical (unpaired) electrons. The Morgan fingerprint density at radius 2 is 1.82 bits per heavy atom. The molecule has 0 bridgehead atoms. The van der Waals surface area contributed by atoms with Gasteiger partial charge in [0.05, 0.1) is 17.6 Å². The molecule has 5 nitrogen and oxygen atoms in total. The van der Waals surface area contributed by atoms with E-state index in [9.17, 15) is 0 Å². The Labute approximate surface area is 99.8 Å². The Hall–Kier alpha value is -1.72. The Balaban J connectivity index is 2.09. The van der Waals surface area contributed by atoms with Crippen molar-refractivity contribution in [1.29, 1.82) is 0 Å². The number of nitrogens with one attached hydrogen (secondary N) is 1. The number of nitrogens with zero attached hydrogens (tertiary/aromatic N) is 2. The van der Waals surface area contributed by atoms with E-state index in [0.29, 0.717) is 6.54 Å². The molecule has 0 spiro atoms. The van der Waals surface area contributed by atoms with Crippen LogP contribution in [0.4, 0.5) is 5.69 Å². The van der Waals surface area contributed by atoms with E-state index in [2.05, 4.69) is 15.3 Å². The van der Waals surface area contributed by atoms with Crippen LogP contribution < -0.4 is 5.32 Å². The van der Waals surface area contributed by atoms with Gasteiger partial charge in [-0.3, -0.25) is 9.97 Å². The number of ether oxygens (including phenoxy) is 2. The number of aromatic nitrogens is 2. The van der Waals surface area contributed by atoms with Gasteiger partial charge in [0, 0.05) is 32.3 Å². The summed E-state index contributed by atoms with van der Waals surface area (Å²) < 4.78 is 10.2. The maximum atomic E-state index is 5.10. The molecule has 17 heavy (non-hydrogen) atoms. The molecule has 2 rings (SSSR count). The maximum absolute atomic E-state index is 5.10. The van der Waals surface area contributed by atoms with Crippen molar-refractivity contribution >= 4 is 16.7 Å². The number of benzene rings is 1. The highest BCUT2D eigenvalue weighted by molar-refractivity contribution is 5.78. The van der Waals surface area contributed by atoms with E-state index in [1.807, 2.05) is 18.2 Å². The van der Waals surface area contributed by atoms with Crippen LogP contribution in [0.1, 0.15) is 0 Å². The first-order chi connectivity index (χ1) is 8.33. The van der Waals surface area contributed by atoms with Gasteiger partial charge < -0.3 is 14.8 Å². The van der Waals surface area contributed by atoms with Gasteiger partial charge in [0.1, 0.15) is 0 Å². The second kappa shape index (κ2) is 5.56. The zero-order chi connectivity index (χ0) is 12.1. The van der Waals surface area contributed by atoms with Crippen LogP contribution >= 0.6 is 0 Å². The van der Waals surface area contributed by atoms with Gasteiger partial charge in [-0.2, -0.15) is 0 Å². The number of anilines is 1. The minimum atomic E-state index is -0.257. The summed E-state index contributed by atoms with van der Waals surface area (Å²) in [7, 11) is 3.23. The average molecular weight is 233 g/mol. The smallest absolute Gasteiger partial charge is 0.173 e. The van der Waals surface area contributed by atoms with Crippen molar-refractivity contribution < 1.29 is 9.47 Å². The zero-order valence-corrected chi connectivity index (χ0v) is 9.88. The van der Waals surface area contributed by atoms with Gasteiger partial charge in [0.25, 0.3) is 0 Å². The molecule has 90 valence electrons. The predicted molar refractivity (Wildman–Crippen MR) is 65.8 cm³/mol. The number of methoxy groups -OCH3 is 2. The molecule has 1 N–H and O–H groups in total. The van der Waals surface area contributed by atoms with E-state index >= 15 is 0 Å². The van der Waals surface area contributed by atoms with Gasteiger partial charge in [-0.1, -0.05) is 0 Å². The highest BCUT2D eigenvalue weighted by Gasteiger charge is 2.04. The normalized spacial score (nSPS) is 11.0. The van der Waals surface area contributed by atoms with Crippen molar-refractivity contribution in [1.82, 2.24) is 9.97 Å². The summed E-state index contributed by atoms with van der Waals surface area (Å²) in [4.78, 5) is 8.45. The van der Waals surface area contributed by atoms with Crippen molar-refractivity contribution in [2.75, 3.05) is 26.1 Å². The lowest BCUT2D eigenvalue weighted by Crippen LogP contribution is -2.23. The van der Waals surface area contributed by atoms with Crippen molar-refractivity contribution in [2.45, 2.75) is 6.29 Å². The lowest BCUT2D eigenvalue weighted by Gasteiger charge is -2.14. The van der Waals surface area contributed by atoms with Crippen LogP contribution in [-0.2, 0) is 9.47 Å². The van der Waals surface area contributed by atoms with Crippen LogP contribution in [0.2, 0.25) is 0 Å². The summed E-state index contributed by atoms with van der Waals surface area (Å²) in [6.45, 7) is 0.582. The number of rotatable bonds is 5. The van der Waals surface area contributed by atoms with Crippen molar-refractivity contribution in [3.05, 3.63) is 30.6 Å². The van der Waals surface area contributed by atoms with Crippen molar-refractivity contribution in [3.63, 3.8) is 0 Å². The topological polar surface area (TPSA) is 56.3 Å². The summed E-state index contributed by atoms with van der Waals surface area (Å²) in [5, 5.41) is 3.22. The maximum Gasteiger partial charge on any atom is 0.173 e. The number of hydrogen-bond acceptors (Lipinski definition) is 5. The molecule has 0 aliphatic rings. The monoisotopic (exact) mass is 233 g/mol. The molecule has 2 aromatic rings. The summed E-state index contributed by atoms with van der Waals surface area (Å²) in [5.74, 6) is 0. The van der Waals surface area contributed by atoms with Crippen molar-refractivity contribution in [2.24, 2.45) is 0 Å². The van der Waals surface area contributed by atoms with E-state index in [1.165, 1.54) is 0 Å². The predicted octanol–water partition coefficient (Wildman–Crippen LogP) is 1.66. The summed E-state index contributed by atoms with van der Waals surface area (Å²) in [6, 6.07) is 5.84. The molecule has 1 aromatic heterocycles. The molecule has 0 aliphatic carbocycles. The molecule has 0 amide bonds. The molecule has 1 heterocycles. The third kappa shape index (κ3) is 2.89. The average Bonchev–Trinajstić information content (AvgIpc) is 2.40. The van der Waals surface area contributed by atoms with Gasteiger partial charge >= 0.3 is 0 Å². The van der Waals surface area contributed by atoms with Gasteiger partial charge in [-0.05, 0) is 18.2 Å². The van der Waals surface area contributed by atoms with Gasteiger partial charge in [-0.25, -0.2) is 0 Å². The van der Waals surface area contributed by atoms with Crippen LogP contribution in [-0.4, -0.2) is 37.0 Å². The van der Waals surface area contributed by atoms with E-state index in [0.717, 1.165) is 16.7 Å². The minimum Gasteiger partial charge on any atom is -0.380 e. The van der Waals surface area contributed by atoms with Crippen molar-refractivity contribution in [3.8, 4) is 0 Å². The Kier molecular flexibility index (Phi) is 3.85. The fourth-order valence-electron chi connectivity index (χ4n) is 1.54. The highest BCUT2D eigenvalue weighted by Crippen LogP contribution is 2.14. The quantitative estimate of drug-likeness (QED) is 0.796. The molecular weight excluding hydrogens is 218 g/mol. The second-order valence-corrected chi connectivity index (χ2v) is 3.54. The molecule has 0 atom stereocenters. The van der Waals surface area contributed by atoms with Crippen LogP contribution in [0, 0.1) is 0 Å². The minimum absolute atomic E-state index is 0.257. The third-order valence-corrected chi connectivity index (χ3v) is 2.47. The Morgan fingerprint density at radius 1 is 1.12 bits per heavy atom. The van der Waals surface area contributed by atoms with Crippen LogP contribution in [0.15, 0.2) is 30.6 Å². The number of hydrogen-bond donors (Lipinski definition) is 1. The summed E-state index contributed by atoms with van der Waals surface area (Å²) in [6.07, 6.45) is 3.10. The van der Waals surface area contributed by atoms with Crippen LogP contribution in [0.25, 0.3) is 11.0 Å². The molecule has 0 saturated carbocycles. The van der Waals surface area contributed by atoms with Gasteiger partial charge in [0.2, 0.25) is 0 Å². The zero-order valence-electron chi connectivity index (χ0n) is 9.88. The molecule has 0 saturated heterocycles. The summed E-state index contributed by atoms with van der Waals surface area (Å²) in [5.41, 5.74) is 2.72. The highest BCUT2D eigenvalue weighted by atomic mass is 16.7. The fraction of sp³-hybridized carbons (Fsp3) is 0.333. The largest absolute Gasteiger partial charge is 0.380 e. The van der Waals surface area contributed by atoms with E-state index in [-0.39, 0.29) is 6.29 Å². The first-order valence-electron chi connectivity index (χ1n) is 5.33. The Bertz CT molecular complexity index is 486. The van der Waals surface area contributed by atoms with Crippen LogP contribution in [0.5, 0.6) is 0 Å². The van der Waals surface area contributed by atoms with E-state index < -0.39 is 0 Å². The lowest BCUT2D eigenvalue weighted by molar-refractivity contribution is -0.0914. The van der Waals surface area contributed by atoms with E-state index in [1.54, 1.807) is 26.6 Å². The first kappa shape index (κ1) is 11.8. The molecule has 5 heteroatoms.